The van der Waals surface area contributed by atoms with Crippen LogP contribution < -0.4 is 0 Å². The summed E-state index contributed by atoms with van der Waals surface area (Å²) in [6.07, 6.45) is 0. The van der Waals surface area contributed by atoms with Crippen LogP contribution in [0, 0.1) is 0 Å². The molecule has 0 N–H and O–H groups in total. The first-order valence-corrected chi connectivity index (χ1v) is 12.9. The summed E-state index contributed by atoms with van der Waals surface area (Å²) in [6, 6.07) is 15.2. The van der Waals surface area contributed by atoms with Gasteiger partial charge in [0.05, 0.1) is 4.90 Å². The minimum absolute atomic E-state index is 0.109. The minimum Gasteiger partial charge on any atom is -0.336 e. The summed E-state index contributed by atoms with van der Waals surface area (Å²) in [6.45, 7) is 12.6. The van der Waals surface area contributed by atoms with Crippen LogP contribution in [0.25, 0.3) is 0 Å². The SMILES string of the molecule is CCN(CC)S(=O)(=O)c1cccc(C(=O)N2CCN(Cc3ccc(C(C)C)cc3)CC2)c1. The summed E-state index contributed by atoms with van der Waals surface area (Å²) in [5, 5.41) is 0. The Kier molecular flexibility index (Phi) is 8.09. The summed E-state index contributed by atoms with van der Waals surface area (Å²) in [4.78, 5) is 17.4. The lowest BCUT2D eigenvalue weighted by Gasteiger charge is -2.35. The van der Waals surface area contributed by atoms with Crippen LogP contribution in [-0.4, -0.2) is 67.7 Å². The summed E-state index contributed by atoms with van der Waals surface area (Å²) in [5.74, 6) is 0.418. The topological polar surface area (TPSA) is 60.9 Å². The average Bonchev–Trinajstić information content (AvgIpc) is 2.80. The molecule has 0 aromatic heterocycles. The highest BCUT2D eigenvalue weighted by atomic mass is 32.2. The molecule has 7 heteroatoms. The Labute approximate surface area is 192 Å². The normalized spacial score (nSPS) is 15.5. The first-order chi connectivity index (χ1) is 15.3. The van der Waals surface area contributed by atoms with Crippen LogP contribution in [0.5, 0.6) is 0 Å². The van der Waals surface area contributed by atoms with E-state index in [0.29, 0.717) is 37.7 Å². The highest BCUT2D eigenvalue weighted by Gasteiger charge is 2.25. The smallest absolute Gasteiger partial charge is 0.253 e. The largest absolute Gasteiger partial charge is 0.336 e. The highest BCUT2D eigenvalue weighted by molar-refractivity contribution is 7.89. The van der Waals surface area contributed by atoms with Gasteiger partial charge in [-0.1, -0.05) is 58.0 Å². The predicted octanol–water partition coefficient (Wildman–Crippen LogP) is 3.80. The van der Waals surface area contributed by atoms with E-state index in [1.54, 1.807) is 18.2 Å². The zero-order chi connectivity index (χ0) is 23.3. The Hall–Kier alpha value is -2.22. The van der Waals surface area contributed by atoms with Crippen LogP contribution in [0.15, 0.2) is 53.4 Å². The van der Waals surface area contributed by atoms with Crippen molar-refractivity contribution in [1.29, 1.82) is 0 Å². The van der Waals surface area contributed by atoms with Gasteiger partial charge >= 0.3 is 0 Å². The van der Waals surface area contributed by atoms with E-state index >= 15 is 0 Å². The molecular weight excluding hydrogens is 422 g/mol. The molecule has 1 fully saturated rings. The Bertz CT molecular complexity index is 1010. The molecule has 3 rings (SSSR count). The molecule has 0 atom stereocenters. The third-order valence-corrected chi connectivity index (χ3v) is 8.18. The number of hydrogen-bond acceptors (Lipinski definition) is 4. The maximum atomic E-state index is 13.1. The van der Waals surface area contributed by atoms with E-state index in [1.807, 2.05) is 18.7 Å². The summed E-state index contributed by atoms with van der Waals surface area (Å²) >= 11 is 0. The minimum atomic E-state index is -3.59. The Balaban J connectivity index is 1.62. The van der Waals surface area contributed by atoms with E-state index in [1.165, 1.54) is 21.5 Å². The molecule has 32 heavy (non-hydrogen) atoms. The third-order valence-electron chi connectivity index (χ3n) is 6.14. The molecule has 1 aliphatic rings. The van der Waals surface area contributed by atoms with E-state index in [0.717, 1.165) is 19.6 Å². The number of hydrogen-bond donors (Lipinski definition) is 0. The second kappa shape index (κ2) is 10.6. The van der Waals surface area contributed by atoms with E-state index in [-0.39, 0.29) is 10.8 Å². The number of amides is 1. The summed E-state index contributed by atoms with van der Waals surface area (Å²) in [7, 11) is -3.59. The van der Waals surface area contributed by atoms with Crippen molar-refractivity contribution in [1.82, 2.24) is 14.1 Å². The van der Waals surface area contributed by atoms with E-state index in [2.05, 4.69) is 43.0 Å². The molecule has 174 valence electrons. The van der Waals surface area contributed by atoms with E-state index in [4.69, 9.17) is 0 Å². The monoisotopic (exact) mass is 457 g/mol. The molecule has 0 saturated carbocycles. The fourth-order valence-corrected chi connectivity index (χ4v) is 5.56. The van der Waals surface area contributed by atoms with Crippen molar-refractivity contribution in [2.45, 2.75) is 45.1 Å². The highest BCUT2D eigenvalue weighted by Crippen LogP contribution is 2.20. The lowest BCUT2D eigenvalue weighted by molar-refractivity contribution is 0.0628. The van der Waals surface area contributed by atoms with Crippen molar-refractivity contribution in [3.63, 3.8) is 0 Å². The van der Waals surface area contributed by atoms with Gasteiger partial charge in [-0.2, -0.15) is 4.31 Å². The maximum absolute atomic E-state index is 13.1. The van der Waals surface area contributed by atoms with Gasteiger partial charge in [0.15, 0.2) is 0 Å². The van der Waals surface area contributed by atoms with Crippen molar-refractivity contribution in [2.24, 2.45) is 0 Å². The third kappa shape index (κ3) is 5.57. The van der Waals surface area contributed by atoms with E-state index < -0.39 is 10.0 Å². The molecule has 6 nitrogen and oxygen atoms in total. The summed E-state index contributed by atoms with van der Waals surface area (Å²) in [5.41, 5.74) is 3.05. The van der Waals surface area contributed by atoms with Gasteiger partial charge in [0, 0.05) is 51.4 Å². The quantitative estimate of drug-likeness (QED) is 0.605. The molecule has 0 aliphatic carbocycles. The average molecular weight is 458 g/mol. The Morgan fingerprint density at radius 3 is 2.16 bits per heavy atom. The van der Waals surface area contributed by atoms with Gasteiger partial charge < -0.3 is 4.90 Å². The second-order valence-corrected chi connectivity index (χ2v) is 10.5. The molecule has 0 radical (unpaired) electrons. The molecule has 2 aromatic rings. The van der Waals surface area contributed by atoms with Crippen LogP contribution in [0.1, 0.15) is 55.1 Å². The molecule has 0 bridgehead atoms. The van der Waals surface area contributed by atoms with Gasteiger partial charge in [-0.15, -0.1) is 0 Å². The molecule has 0 spiro atoms. The predicted molar refractivity (Wildman–Crippen MR) is 128 cm³/mol. The van der Waals surface area contributed by atoms with E-state index in [9.17, 15) is 13.2 Å². The standard InChI is InChI=1S/C25H35N3O3S/c1-5-28(6-2)32(30,31)24-9-7-8-23(18-24)25(29)27-16-14-26(15-17-27)19-21-10-12-22(13-11-21)20(3)4/h7-13,18,20H,5-6,14-17,19H2,1-4H3. The molecular formula is C25H35N3O3S. The lowest BCUT2D eigenvalue weighted by atomic mass is 10.0. The molecule has 1 aliphatic heterocycles. The number of rotatable bonds is 8. The second-order valence-electron chi connectivity index (χ2n) is 8.58. The number of benzene rings is 2. The van der Waals surface area contributed by atoms with Crippen molar-refractivity contribution in [3.8, 4) is 0 Å². The first kappa shape index (κ1) is 24.4. The molecule has 1 heterocycles. The van der Waals surface area contributed by atoms with Crippen LogP contribution in [0.4, 0.5) is 0 Å². The van der Waals surface area contributed by atoms with Crippen molar-refractivity contribution in [3.05, 3.63) is 65.2 Å². The molecule has 2 aromatic carbocycles. The van der Waals surface area contributed by atoms with Gasteiger partial charge in [0.1, 0.15) is 0 Å². The molecule has 1 saturated heterocycles. The van der Waals surface area contributed by atoms with Crippen LogP contribution >= 0.6 is 0 Å². The van der Waals surface area contributed by atoms with Crippen molar-refractivity contribution < 1.29 is 13.2 Å². The number of nitrogens with zero attached hydrogens (tertiary/aromatic N) is 3. The van der Waals surface area contributed by atoms with Crippen molar-refractivity contribution >= 4 is 15.9 Å². The number of carbonyl (C=O) groups excluding carboxylic acids is 1. The Morgan fingerprint density at radius 1 is 0.969 bits per heavy atom. The van der Waals surface area contributed by atoms with Gasteiger partial charge in [-0.25, -0.2) is 8.42 Å². The Morgan fingerprint density at radius 2 is 1.59 bits per heavy atom. The zero-order valence-electron chi connectivity index (χ0n) is 19.6. The van der Waals surface area contributed by atoms with Gasteiger partial charge in [0.25, 0.3) is 5.91 Å². The number of sulfonamides is 1. The van der Waals surface area contributed by atoms with Crippen molar-refractivity contribution in [2.75, 3.05) is 39.3 Å². The first-order valence-electron chi connectivity index (χ1n) is 11.5. The van der Waals surface area contributed by atoms with Crippen LogP contribution in [0.3, 0.4) is 0 Å². The molecule has 0 unspecified atom stereocenters. The fourth-order valence-electron chi connectivity index (χ4n) is 4.06. The number of carbonyl (C=O) groups is 1. The summed E-state index contributed by atoms with van der Waals surface area (Å²) < 4.78 is 27.0. The zero-order valence-corrected chi connectivity index (χ0v) is 20.4. The van der Waals surface area contributed by atoms with Crippen LogP contribution in [0.2, 0.25) is 0 Å². The van der Waals surface area contributed by atoms with Crippen LogP contribution in [-0.2, 0) is 16.6 Å². The van der Waals surface area contributed by atoms with Gasteiger partial charge in [-0.05, 0) is 35.2 Å². The molecule has 1 amide bonds. The van der Waals surface area contributed by atoms with Gasteiger partial charge in [-0.3, -0.25) is 9.69 Å². The van der Waals surface area contributed by atoms with Gasteiger partial charge in [0.2, 0.25) is 10.0 Å². The lowest BCUT2D eigenvalue weighted by Crippen LogP contribution is -2.48. The maximum Gasteiger partial charge on any atom is 0.253 e. The fraction of sp³-hybridized carbons (Fsp3) is 0.480. The number of piperazine rings is 1.